The largest absolute Gasteiger partial charge is 0.370 e. The van der Waals surface area contributed by atoms with Crippen molar-refractivity contribution < 1.29 is 18.0 Å². The number of thiol groups is 1. The van der Waals surface area contributed by atoms with Crippen LogP contribution in [0.15, 0.2) is 67.0 Å². The molecule has 0 aliphatic rings. The van der Waals surface area contributed by atoms with Crippen LogP contribution in [0.1, 0.15) is 38.7 Å². The smallest absolute Gasteiger partial charge is 0.251 e. The molecule has 30 heavy (non-hydrogen) atoms. The number of benzene rings is 2. The van der Waals surface area contributed by atoms with Gasteiger partial charge in [0.2, 0.25) is 5.91 Å². The molecule has 0 radical (unpaired) electrons. The van der Waals surface area contributed by atoms with E-state index in [1.165, 1.54) is 0 Å². The number of rotatable bonds is 9. The van der Waals surface area contributed by atoms with E-state index in [1.807, 2.05) is 30.3 Å². The Morgan fingerprint density at radius 2 is 1.83 bits per heavy atom. The van der Waals surface area contributed by atoms with Gasteiger partial charge in [-0.1, -0.05) is 42.5 Å². The molecule has 3 aromatic rings. The van der Waals surface area contributed by atoms with Crippen molar-refractivity contribution in [3.63, 3.8) is 0 Å². The summed E-state index contributed by atoms with van der Waals surface area (Å²) in [5.74, 6) is -1.18. The summed E-state index contributed by atoms with van der Waals surface area (Å²) in [6.45, 7) is 0.697. The Labute approximate surface area is 175 Å². The summed E-state index contributed by atoms with van der Waals surface area (Å²) in [6, 6.07) is 16.1. The number of carbonyl (C=O) groups is 2. The van der Waals surface area contributed by atoms with Gasteiger partial charge in [-0.25, -0.2) is 8.42 Å². The van der Waals surface area contributed by atoms with Crippen LogP contribution in [0.2, 0.25) is 0 Å². The molecule has 9 heteroatoms. The van der Waals surface area contributed by atoms with Crippen LogP contribution in [0.3, 0.4) is 0 Å². The quantitative estimate of drug-likeness (QED) is 0.446. The molecule has 3 N–H and O–H groups in total. The van der Waals surface area contributed by atoms with E-state index in [9.17, 15) is 18.0 Å². The van der Waals surface area contributed by atoms with Gasteiger partial charge in [0, 0.05) is 30.9 Å². The number of nitrogens with two attached hydrogens (primary N) is 1. The SMILES string of the molecule is NC(=O)CC(c1ccc(Cn2cccn2)cc1C(=O)NCc1ccccc1)[SH](=O)=O. The number of nitrogens with zero attached hydrogens (tertiary/aromatic N) is 2. The summed E-state index contributed by atoms with van der Waals surface area (Å²) in [7, 11) is -3.02. The van der Waals surface area contributed by atoms with E-state index in [1.54, 1.807) is 41.3 Å². The third-order valence-electron chi connectivity index (χ3n) is 4.57. The third-order valence-corrected chi connectivity index (χ3v) is 5.54. The van der Waals surface area contributed by atoms with Gasteiger partial charge < -0.3 is 11.1 Å². The van der Waals surface area contributed by atoms with E-state index < -0.39 is 34.2 Å². The van der Waals surface area contributed by atoms with Crippen LogP contribution in [0.4, 0.5) is 0 Å². The summed E-state index contributed by atoms with van der Waals surface area (Å²) < 4.78 is 25.3. The van der Waals surface area contributed by atoms with Crippen molar-refractivity contribution in [3.8, 4) is 0 Å². The van der Waals surface area contributed by atoms with Gasteiger partial charge in [-0.3, -0.25) is 14.3 Å². The first-order valence-electron chi connectivity index (χ1n) is 9.28. The summed E-state index contributed by atoms with van der Waals surface area (Å²) in [4.78, 5) is 24.4. The average Bonchev–Trinajstić information content (AvgIpc) is 3.24. The highest BCUT2D eigenvalue weighted by molar-refractivity contribution is 7.72. The van der Waals surface area contributed by atoms with Gasteiger partial charge in [0.1, 0.15) is 10.7 Å². The molecule has 1 aromatic heterocycles. The molecule has 0 fully saturated rings. The first-order chi connectivity index (χ1) is 14.4. The minimum Gasteiger partial charge on any atom is -0.370 e. The Morgan fingerprint density at radius 1 is 1.07 bits per heavy atom. The molecule has 2 amide bonds. The molecule has 0 saturated heterocycles. The molecule has 0 aliphatic carbocycles. The molecule has 0 spiro atoms. The highest BCUT2D eigenvalue weighted by atomic mass is 32.2. The normalized spacial score (nSPS) is 11.9. The lowest BCUT2D eigenvalue weighted by atomic mass is 9.98. The molecule has 156 valence electrons. The fraction of sp³-hybridized carbons (Fsp3) is 0.190. The number of nitrogens with one attached hydrogen (secondary N) is 1. The lowest BCUT2D eigenvalue weighted by Crippen LogP contribution is -2.26. The Kier molecular flexibility index (Phi) is 6.97. The lowest BCUT2D eigenvalue weighted by molar-refractivity contribution is -0.118. The maximum Gasteiger partial charge on any atom is 0.251 e. The zero-order chi connectivity index (χ0) is 21.5. The monoisotopic (exact) mass is 426 g/mol. The summed E-state index contributed by atoms with van der Waals surface area (Å²) >= 11 is 0. The topological polar surface area (TPSA) is 124 Å². The van der Waals surface area contributed by atoms with Gasteiger partial charge in [0.15, 0.2) is 0 Å². The van der Waals surface area contributed by atoms with Gasteiger partial charge in [-0.15, -0.1) is 0 Å². The standard InChI is InChI=1S/C21H22N4O4S/c22-20(26)12-19(30(28)29)17-8-7-16(14-25-10-4-9-24-25)11-18(17)21(27)23-13-15-5-2-1-3-6-15/h1-11,19,30H,12-14H2,(H2,22,26)(H,23,27). The summed E-state index contributed by atoms with van der Waals surface area (Å²) in [5.41, 5.74) is 7.35. The van der Waals surface area contributed by atoms with Crippen LogP contribution < -0.4 is 11.1 Å². The van der Waals surface area contributed by atoms with Crippen LogP contribution in [0.25, 0.3) is 0 Å². The van der Waals surface area contributed by atoms with Crippen molar-refractivity contribution in [1.82, 2.24) is 15.1 Å². The van der Waals surface area contributed by atoms with Crippen molar-refractivity contribution >= 4 is 22.5 Å². The highest BCUT2D eigenvalue weighted by Gasteiger charge is 2.24. The molecule has 0 aliphatic heterocycles. The van der Waals surface area contributed by atoms with E-state index in [0.717, 1.165) is 11.1 Å². The maximum atomic E-state index is 13.0. The fourth-order valence-electron chi connectivity index (χ4n) is 3.13. The molecule has 3 rings (SSSR count). The van der Waals surface area contributed by atoms with Crippen LogP contribution in [0.5, 0.6) is 0 Å². The summed E-state index contributed by atoms with van der Waals surface area (Å²) in [5, 5.41) is 5.79. The number of aromatic nitrogens is 2. The fourth-order valence-corrected chi connectivity index (χ4v) is 3.91. The molecular formula is C21H22N4O4S. The second kappa shape index (κ2) is 9.84. The molecule has 0 saturated carbocycles. The van der Waals surface area contributed by atoms with Crippen molar-refractivity contribution in [1.29, 1.82) is 0 Å². The summed E-state index contributed by atoms with van der Waals surface area (Å²) in [6.07, 6.45) is 3.04. The molecule has 1 atom stereocenters. The van der Waals surface area contributed by atoms with Crippen molar-refractivity contribution in [2.45, 2.75) is 24.8 Å². The van der Waals surface area contributed by atoms with Crippen molar-refractivity contribution in [3.05, 3.63) is 89.2 Å². The number of primary amides is 1. The molecular weight excluding hydrogens is 404 g/mol. The first-order valence-corrected chi connectivity index (χ1v) is 10.5. The Hall–Kier alpha value is -3.46. The third kappa shape index (κ3) is 5.54. The maximum absolute atomic E-state index is 13.0. The Balaban J connectivity index is 1.93. The second-order valence-corrected chi connectivity index (χ2v) is 7.96. The van der Waals surface area contributed by atoms with Crippen LogP contribution in [0, 0.1) is 0 Å². The minimum absolute atomic E-state index is 0.195. The van der Waals surface area contributed by atoms with Crippen molar-refractivity contribution in [2.75, 3.05) is 0 Å². The van der Waals surface area contributed by atoms with Gasteiger partial charge in [-0.2, -0.15) is 5.10 Å². The molecule has 2 aromatic carbocycles. The molecule has 1 heterocycles. The van der Waals surface area contributed by atoms with Crippen LogP contribution in [-0.4, -0.2) is 30.0 Å². The Morgan fingerprint density at radius 3 is 2.47 bits per heavy atom. The number of hydrogen-bond acceptors (Lipinski definition) is 5. The van der Waals surface area contributed by atoms with Crippen LogP contribution >= 0.6 is 0 Å². The zero-order valence-corrected chi connectivity index (χ0v) is 17.0. The predicted octanol–water partition coefficient (Wildman–Crippen LogP) is 1.39. The van der Waals surface area contributed by atoms with E-state index >= 15 is 0 Å². The minimum atomic E-state index is -3.02. The van der Waals surface area contributed by atoms with E-state index in [0.29, 0.717) is 6.54 Å². The average molecular weight is 426 g/mol. The molecule has 8 nitrogen and oxygen atoms in total. The van der Waals surface area contributed by atoms with Gasteiger partial charge in [0.05, 0.1) is 11.8 Å². The second-order valence-electron chi connectivity index (χ2n) is 6.77. The predicted molar refractivity (Wildman–Crippen MR) is 112 cm³/mol. The lowest BCUT2D eigenvalue weighted by Gasteiger charge is -2.16. The zero-order valence-electron chi connectivity index (χ0n) is 16.1. The Bertz CT molecular complexity index is 1090. The first kappa shape index (κ1) is 21.3. The van der Waals surface area contributed by atoms with Gasteiger partial charge >= 0.3 is 0 Å². The highest BCUT2D eigenvalue weighted by Crippen LogP contribution is 2.26. The number of amides is 2. The van der Waals surface area contributed by atoms with Gasteiger partial charge in [0.25, 0.3) is 5.91 Å². The van der Waals surface area contributed by atoms with E-state index in [-0.39, 0.29) is 17.7 Å². The van der Waals surface area contributed by atoms with Crippen LogP contribution in [-0.2, 0) is 28.6 Å². The van der Waals surface area contributed by atoms with Crippen molar-refractivity contribution in [2.24, 2.45) is 5.73 Å². The van der Waals surface area contributed by atoms with Gasteiger partial charge in [-0.05, 0) is 28.8 Å². The molecule has 1 unspecified atom stereocenters. The van der Waals surface area contributed by atoms with E-state index in [2.05, 4.69) is 10.4 Å². The number of hydrogen-bond donors (Lipinski definition) is 3. The number of carbonyl (C=O) groups excluding carboxylic acids is 2. The molecule has 0 bridgehead atoms. The van der Waals surface area contributed by atoms with E-state index in [4.69, 9.17) is 5.73 Å².